The molecule has 0 spiro atoms. The Hall–Kier alpha value is -1.06. The molecule has 4 heteroatoms. The van der Waals surface area contributed by atoms with Gasteiger partial charge in [-0.25, -0.2) is 0 Å². The molecule has 0 aromatic rings. The second-order valence-corrected chi connectivity index (χ2v) is 4.49. The van der Waals surface area contributed by atoms with Crippen molar-refractivity contribution in [3.8, 4) is 0 Å². The zero-order valence-corrected chi connectivity index (χ0v) is 9.38. The third-order valence-corrected chi connectivity index (χ3v) is 2.92. The van der Waals surface area contributed by atoms with Gasteiger partial charge in [0.2, 0.25) is 5.91 Å². The minimum Gasteiger partial charge on any atom is -0.480 e. The topological polar surface area (TPSA) is 66.4 Å². The highest BCUT2D eigenvalue weighted by molar-refractivity contribution is 6.01. The normalized spacial score (nSPS) is 19.3. The molecule has 0 bridgehead atoms. The highest BCUT2D eigenvalue weighted by atomic mass is 16.4. The van der Waals surface area contributed by atoms with Crippen LogP contribution < -0.4 is 5.32 Å². The van der Waals surface area contributed by atoms with Crippen molar-refractivity contribution in [1.29, 1.82) is 0 Å². The molecular weight excluding hydrogens is 194 g/mol. The summed E-state index contributed by atoms with van der Waals surface area (Å²) in [6.45, 7) is 3.50. The highest BCUT2D eigenvalue weighted by Crippen LogP contribution is 2.27. The van der Waals surface area contributed by atoms with Crippen molar-refractivity contribution in [2.24, 2.45) is 5.41 Å². The summed E-state index contributed by atoms with van der Waals surface area (Å²) in [7, 11) is 0. The molecular formula is C11H19NO3. The van der Waals surface area contributed by atoms with E-state index in [9.17, 15) is 9.59 Å². The van der Waals surface area contributed by atoms with Gasteiger partial charge in [-0.2, -0.15) is 0 Å². The second kappa shape index (κ2) is 4.64. The van der Waals surface area contributed by atoms with Gasteiger partial charge in [0.15, 0.2) is 0 Å². The maximum Gasteiger partial charge on any atom is 0.318 e. The molecule has 1 amide bonds. The van der Waals surface area contributed by atoms with E-state index >= 15 is 0 Å². The molecule has 1 atom stereocenters. The van der Waals surface area contributed by atoms with Crippen LogP contribution in [0.3, 0.4) is 0 Å². The standard InChI is InChI=1S/C11H19NO3/c1-3-4-7-11(2,10(14)15)9(13)12-8-5-6-8/h8H,3-7H2,1-2H3,(H,12,13)(H,14,15). The van der Waals surface area contributed by atoms with Gasteiger partial charge in [-0.05, 0) is 26.2 Å². The van der Waals surface area contributed by atoms with Crippen molar-refractivity contribution in [2.45, 2.75) is 52.0 Å². The number of amides is 1. The van der Waals surface area contributed by atoms with Gasteiger partial charge in [-0.3, -0.25) is 9.59 Å². The number of unbranched alkanes of at least 4 members (excludes halogenated alkanes) is 1. The minimum atomic E-state index is -1.25. The number of carbonyl (C=O) groups is 2. The summed E-state index contributed by atoms with van der Waals surface area (Å²) in [5.74, 6) is -1.35. The smallest absolute Gasteiger partial charge is 0.318 e. The molecule has 1 unspecified atom stereocenters. The molecule has 0 aromatic carbocycles. The first-order valence-corrected chi connectivity index (χ1v) is 5.55. The molecule has 0 heterocycles. The van der Waals surface area contributed by atoms with Gasteiger partial charge in [0, 0.05) is 6.04 Å². The average molecular weight is 213 g/mol. The van der Waals surface area contributed by atoms with E-state index in [0.717, 1.165) is 25.7 Å². The summed E-state index contributed by atoms with van der Waals surface area (Å²) >= 11 is 0. The molecule has 0 radical (unpaired) electrons. The zero-order valence-electron chi connectivity index (χ0n) is 9.38. The SMILES string of the molecule is CCCCC(C)(C(=O)O)C(=O)NC1CC1. The predicted octanol–water partition coefficient (Wildman–Crippen LogP) is 1.55. The summed E-state index contributed by atoms with van der Waals surface area (Å²) in [6.07, 6.45) is 4.04. The van der Waals surface area contributed by atoms with E-state index in [-0.39, 0.29) is 11.9 Å². The third kappa shape index (κ3) is 2.94. The van der Waals surface area contributed by atoms with Crippen molar-refractivity contribution in [1.82, 2.24) is 5.32 Å². The lowest BCUT2D eigenvalue weighted by Gasteiger charge is -2.23. The first kappa shape index (κ1) is 12.0. The molecule has 2 N–H and O–H groups in total. The van der Waals surface area contributed by atoms with E-state index < -0.39 is 11.4 Å². The Morgan fingerprint density at radius 2 is 2.07 bits per heavy atom. The van der Waals surface area contributed by atoms with Crippen LogP contribution in [0.5, 0.6) is 0 Å². The summed E-state index contributed by atoms with van der Waals surface area (Å²) < 4.78 is 0. The maximum absolute atomic E-state index is 11.8. The minimum absolute atomic E-state index is 0.220. The number of carboxylic acid groups (broad SMARTS) is 1. The van der Waals surface area contributed by atoms with Crippen molar-refractivity contribution >= 4 is 11.9 Å². The van der Waals surface area contributed by atoms with E-state index in [1.807, 2.05) is 6.92 Å². The number of rotatable bonds is 6. The third-order valence-electron chi connectivity index (χ3n) is 2.92. The van der Waals surface area contributed by atoms with Gasteiger partial charge in [0.25, 0.3) is 0 Å². The van der Waals surface area contributed by atoms with E-state index in [1.54, 1.807) is 0 Å². The van der Waals surface area contributed by atoms with Gasteiger partial charge in [-0.1, -0.05) is 19.8 Å². The molecule has 1 aliphatic rings. The molecule has 1 aliphatic carbocycles. The Bertz CT molecular complexity index is 261. The Labute approximate surface area is 90.0 Å². The van der Waals surface area contributed by atoms with Gasteiger partial charge in [0.05, 0.1) is 0 Å². The molecule has 0 aliphatic heterocycles. The molecule has 0 aromatic heterocycles. The lowest BCUT2D eigenvalue weighted by atomic mass is 9.84. The summed E-state index contributed by atoms with van der Waals surface area (Å²) in [5, 5.41) is 11.9. The summed E-state index contributed by atoms with van der Waals surface area (Å²) in [6, 6.07) is 0.220. The fourth-order valence-corrected chi connectivity index (χ4v) is 1.42. The largest absolute Gasteiger partial charge is 0.480 e. The van der Waals surface area contributed by atoms with Crippen LogP contribution in [0, 0.1) is 5.41 Å². The molecule has 1 rings (SSSR count). The molecule has 15 heavy (non-hydrogen) atoms. The lowest BCUT2D eigenvalue weighted by molar-refractivity contribution is -0.155. The molecule has 0 saturated heterocycles. The molecule has 1 saturated carbocycles. The van der Waals surface area contributed by atoms with Gasteiger partial charge in [0.1, 0.15) is 5.41 Å². The van der Waals surface area contributed by atoms with E-state index in [2.05, 4.69) is 5.32 Å². The predicted molar refractivity (Wildman–Crippen MR) is 56.4 cm³/mol. The number of nitrogens with one attached hydrogen (secondary N) is 1. The first-order valence-electron chi connectivity index (χ1n) is 5.55. The summed E-state index contributed by atoms with van der Waals surface area (Å²) in [4.78, 5) is 22.9. The van der Waals surface area contributed by atoms with Crippen LogP contribution >= 0.6 is 0 Å². The molecule has 1 fully saturated rings. The number of carbonyl (C=O) groups excluding carboxylic acids is 1. The van der Waals surface area contributed by atoms with Crippen molar-refractivity contribution in [3.05, 3.63) is 0 Å². The second-order valence-electron chi connectivity index (χ2n) is 4.49. The quantitative estimate of drug-likeness (QED) is 0.658. The van der Waals surface area contributed by atoms with Crippen LogP contribution in [0.2, 0.25) is 0 Å². The Kier molecular flexibility index (Phi) is 3.72. The Morgan fingerprint density at radius 1 is 1.47 bits per heavy atom. The summed E-state index contributed by atoms with van der Waals surface area (Å²) in [5.41, 5.74) is -1.25. The fraction of sp³-hybridized carbons (Fsp3) is 0.818. The van der Waals surface area contributed by atoms with Crippen LogP contribution in [0.1, 0.15) is 46.0 Å². The monoisotopic (exact) mass is 213 g/mol. The van der Waals surface area contributed by atoms with Crippen molar-refractivity contribution in [2.75, 3.05) is 0 Å². The number of hydrogen-bond acceptors (Lipinski definition) is 2. The van der Waals surface area contributed by atoms with Crippen molar-refractivity contribution < 1.29 is 14.7 Å². The van der Waals surface area contributed by atoms with E-state index in [1.165, 1.54) is 6.92 Å². The Morgan fingerprint density at radius 3 is 2.47 bits per heavy atom. The molecule has 4 nitrogen and oxygen atoms in total. The number of hydrogen-bond donors (Lipinski definition) is 2. The maximum atomic E-state index is 11.8. The van der Waals surface area contributed by atoms with Crippen LogP contribution in [-0.4, -0.2) is 23.0 Å². The molecule has 86 valence electrons. The van der Waals surface area contributed by atoms with Crippen molar-refractivity contribution in [3.63, 3.8) is 0 Å². The van der Waals surface area contributed by atoms with E-state index in [4.69, 9.17) is 5.11 Å². The van der Waals surface area contributed by atoms with Gasteiger partial charge in [-0.15, -0.1) is 0 Å². The number of carboxylic acids is 1. The Balaban J connectivity index is 2.60. The van der Waals surface area contributed by atoms with Crippen LogP contribution in [-0.2, 0) is 9.59 Å². The fourth-order valence-electron chi connectivity index (χ4n) is 1.42. The lowest BCUT2D eigenvalue weighted by Crippen LogP contribution is -2.45. The van der Waals surface area contributed by atoms with Gasteiger partial charge >= 0.3 is 5.97 Å². The van der Waals surface area contributed by atoms with Crippen LogP contribution in [0.25, 0.3) is 0 Å². The average Bonchev–Trinajstić information content (AvgIpc) is 2.97. The zero-order chi connectivity index (χ0) is 11.5. The van der Waals surface area contributed by atoms with Crippen LogP contribution in [0.4, 0.5) is 0 Å². The number of aliphatic carboxylic acids is 1. The van der Waals surface area contributed by atoms with E-state index in [0.29, 0.717) is 6.42 Å². The highest BCUT2D eigenvalue weighted by Gasteiger charge is 2.42. The van der Waals surface area contributed by atoms with Gasteiger partial charge < -0.3 is 10.4 Å². The first-order chi connectivity index (χ1) is 7.00. The van der Waals surface area contributed by atoms with Crippen LogP contribution in [0.15, 0.2) is 0 Å².